The Labute approximate surface area is 237 Å². The fourth-order valence-corrected chi connectivity index (χ4v) is 5.09. The highest BCUT2D eigenvalue weighted by molar-refractivity contribution is 7.92. The molecule has 1 aliphatic rings. The number of carboxylic acids is 1. The number of hydrogen-bond acceptors (Lipinski definition) is 8. The molecule has 0 aromatic heterocycles. The van der Waals surface area contributed by atoms with E-state index in [1.807, 2.05) is 6.07 Å². The van der Waals surface area contributed by atoms with Gasteiger partial charge in [-0.2, -0.15) is 13.2 Å². The predicted molar refractivity (Wildman–Crippen MR) is 147 cm³/mol. The fourth-order valence-electron chi connectivity index (χ4n) is 3.86. The second-order valence-corrected chi connectivity index (χ2v) is 10.6. The lowest BCUT2D eigenvalue weighted by Crippen LogP contribution is -2.44. The zero-order valence-corrected chi connectivity index (χ0v) is 24.1. The van der Waals surface area contributed by atoms with Crippen LogP contribution in [0.5, 0.6) is 11.5 Å². The Morgan fingerprint density at radius 3 is 2.27 bits per heavy atom. The van der Waals surface area contributed by atoms with Crippen molar-refractivity contribution in [2.45, 2.75) is 30.8 Å². The van der Waals surface area contributed by atoms with Gasteiger partial charge in [-0.3, -0.25) is 9.52 Å². The van der Waals surface area contributed by atoms with Crippen molar-refractivity contribution in [3.05, 3.63) is 42.0 Å². The van der Waals surface area contributed by atoms with Crippen LogP contribution in [0.25, 0.3) is 0 Å². The Balaban J connectivity index is 0.000000745. The lowest BCUT2D eigenvalue weighted by Gasteiger charge is -2.32. The number of methoxy groups -OCH3 is 2. The van der Waals surface area contributed by atoms with E-state index < -0.39 is 22.2 Å². The van der Waals surface area contributed by atoms with Gasteiger partial charge in [0.15, 0.2) is 0 Å². The highest BCUT2D eigenvalue weighted by atomic mass is 32.2. The highest BCUT2D eigenvalue weighted by Gasteiger charge is 2.38. The summed E-state index contributed by atoms with van der Waals surface area (Å²) >= 11 is 0. The number of carboxylic acid groups (broad SMARTS) is 1. The van der Waals surface area contributed by atoms with E-state index in [4.69, 9.17) is 19.4 Å². The highest BCUT2D eigenvalue weighted by Crippen LogP contribution is 2.32. The van der Waals surface area contributed by atoms with Gasteiger partial charge in [-0.05, 0) is 36.8 Å². The molecule has 3 rings (SSSR count). The van der Waals surface area contributed by atoms with Gasteiger partial charge in [-0.15, -0.1) is 0 Å². The number of piperazine rings is 1. The number of halogens is 3. The van der Waals surface area contributed by atoms with Crippen molar-refractivity contribution in [2.75, 3.05) is 63.6 Å². The number of sulfonamides is 1. The summed E-state index contributed by atoms with van der Waals surface area (Å²) in [6.45, 7) is 5.89. The molecule has 15 heteroatoms. The molecular formula is C26H35F3N4O7S. The van der Waals surface area contributed by atoms with Crippen molar-refractivity contribution >= 4 is 33.3 Å². The molecule has 0 saturated carbocycles. The van der Waals surface area contributed by atoms with E-state index in [2.05, 4.69) is 21.9 Å². The van der Waals surface area contributed by atoms with E-state index in [1.165, 1.54) is 20.3 Å². The SMILES string of the molecule is CCCCN(C)C(=O)c1cc(NS(=O)(=O)c2cc(OC)ccc2OC)ccc1N1CCNCC1.O=C(O)C(F)(F)F. The van der Waals surface area contributed by atoms with E-state index in [1.54, 1.807) is 36.2 Å². The van der Waals surface area contributed by atoms with Crippen molar-refractivity contribution in [1.29, 1.82) is 0 Å². The maximum atomic E-state index is 13.4. The summed E-state index contributed by atoms with van der Waals surface area (Å²) in [5, 5.41) is 10.4. The molecule has 0 bridgehead atoms. The Morgan fingerprint density at radius 1 is 1.10 bits per heavy atom. The van der Waals surface area contributed by atoms with Gasteiger partial charge in [0.2, 0.25) is 0 Å². The smallest absolute Gasteiger partial charge is 0.490 e. The third kappa shape index (κ3) is 9.42. The molecule has 0 aliphatic carbocycles. The van der Waals surface area contributed by atoms with Crippen LogP contribution in [0.1, 0.15) is 30.1 Å². The van der Waals surface area contributed by atoms with Crippen molar-refractivity contribution in [3.8, 4) is 11.5 Å². The normalized spacial score (nSPS) is 13.5. The summed E-state index contributed by atoms with van der Waals surface area (Å²) in [6.07, 6.45) is -3.21. The quantitative estimate of drug-likeness (QED) is 0.373. The average Bonchev–Trinajstić information content (AvgIpc) is 2.95. The summed E-state index contributed by atoms with van der Waals surface area (Å²) < 4.78 is 71.2. The van der Waals surface area contributed by atoms with Crippen LogP contribution in [0.4, 0.5) is 24.5 Å². The molecule has 1 fully saturated rings. The number of benzene rings is 2. The lowest BCUT2D eigenvalue weighted by molar-refractivity contribution is -0.192. The Kier molecular flexibility index (Phi) is 12.1. The first-order valence-corrected chi connectivity index (χ1v) is 14.1. The number of alkyl halides is 3. The van der Waals surface area contributed by atoms with E-state index in [0.29, 0.717) is 23.5 Å². The molecule has 1 saturated heterocycles. The van der Waals surface area contributed by atoms with Crippen LogP contribution in [0.15, 0.2) is 41.3 Å². The number of anilines is 2. The van der Waals surface area contributed by atoms with Crippen LogP contribution in [0, 0.1) is 0 Å². The number of rotatable bonds is 10. The van der Waals surface area contributed by atoms with Crippen molar-refractivity contribution < 1.29 is 45.8 Å². The molecule has 0 spiro atoms. The number of carbonyl (C=O) groups is 2. The number of unbranched alkanes of at least 4 members (excludes halogenated alkanes) is 1. The Bertz CT molecular complexity index is 1300. The van der Waals surface area contributed by atoms with Gasteiger partial charge in [0, 0.05) is 57.2 Å². The van der Waals surface area contributed by atoms with Crippen LogP contribution in [0.3, 0.4) is 0 Å². The molecule has 1 amide bonds. The van der Waals surface area contributed by atoms with Crippen molar-refractivity contribution in [2.24, 2.45) is 0 Å². The first-order valence-electron chi connectivity index (χ1n) is 12.6. The minimum absolute atomic E-state index is 0.0477. The van der Waals surface area contributed by atoms with Gasteiger partial charge in [0.25, 0.3) is 15.9 Å². The number of amides is 1. The second-order valence-electron chi connectivity index (χ2n) is 8.97. The molecule has 1 aliphatic heterocycles. The minimum Gasteiger partial charge on any atom is -0.497 e. The number of hydrogen-bond donors (Lipinski definition) is 3. The molecule has 3 N–H and O–H groups in total. The molecule has 11 nitrogen and oxygen atoms in total. The van der Waals surface area contributed by atoms with Crippen molar-refractivity contribution in [3.63, 3.8) is 0 Å². The first-order chi connectivity index (χ1) is 19.2. The van der Waals surface area contributed by atoms with Crippen molar-refractivity contribution in [1.82, 2.24) is 10.2 Å². The van der Waals surface area contributed by atoms with E-state index in [9.17, 15) is 26.4 Å². The van der Waals surface area contributed by atoms with Crippen LogP contribution < -0.4 is 24.4 Å². The summed E-state index contributed by atoms with van der Waals surface area (Å²) in [4.78, 5) is 26.0. The molecule has 0 atom stereocenters. The second kappa shape index (κ2) is 14.8. The largest absolute Gasteiger partial charge is 0.497 e. The Hall–Kier alpha value is -3.72. The van der Waals surface area contributed by atoms with Gasteiger partial charge in [-0.1, -0.05) is 13.3 Å². The molecule has 2 aromatic carbocycles. The number of nitrogens with zero attached hydrogens (tertiary/aromatic N) is 2. The maximum Gasteiger partial charge on any atom is 0.490 e. The topological polar surface area (TPSA) is 138 Å². The fraction of sp³-hybridized carbons (Fsp3) is 0.462. The zero-order valence-electron chi connectivity index (χ0n) is 23.2. The third-order valence-corrected chi connectivity index (χ3v) is 7.44. The molecule has 41 heavy (non-hydrogen) atoms. The minimum atomic E-state index is -5.08. The van der Waals surface area contributed by atoms with Gasteiger partial charge < -0.3 is 29.7 Å². The maximum absolute atomic E-state index is 13.4. The van der Waals surface area contributed by atoms with Gasteiger partial charge in [0.1, 0.15) is 16.4 Å². The van der Waals surface area contributed by atoms with Gasteiger partial charge in [0.05, 0.1) is 19.8 Å². The molecule has 0 radical (unpaired) electrons. The lowest BCUT2D eigenvalue weighted by atomic mass is 10.1. The average molecular weight is 605 g/mol. The van der Waals surface area contributed by atoms with E-state index >= 15 is 0 Å². The monoisotopic (exact) mass is 604 g/mol. The molecule has 228 valence electrons. The molecule has 0 unspecified atom stereocenters. The third-order valence-electron chi connectivity index (χ3n) is 6.03. The Morgan fingerprint density at radius 2 is 1.73 bits per heavy atom. The van der Waals surface area contributed by atoms with Crippen LogP contribution >= 0.6 is 0 Å². The summed E-state index contributed by atoms with van der Waals surface area (Å²) in [5.41, 5.74) is 1.58. The van der Waals surface area contributed by atoms with Gasteiger partial charge >= 0.3 is 12.1 Å². The summed E-state index contributed by atoms with van der Waals surface area (Å²) in [7, 11) is 0.643. The summed E-state index contributed by atoms with van der Waals surface area (Å²) in [6, 6.07) is 9.69. The first kappa shape index (κ1) is 33.5. The number of nitrogens with one attached hydrogen (secondary N) is 2. The zero-order chi connectivity index (χ0) is 30.8. The summed E-state index contributed by atoms with van der Waals surface area (Å²) in [5.74, 6) is -2.31. The van der Waals surface area contributed by atoms with E-state index in [0.717, 1.165) is 44.7 Å². The van der Waals surface area contributed by atoms with Gasteiger partial charge in [-0.25, -0.2) is 13.2 Å². The number of ether oxygens (including phenoxy) is 2. The number of carbonyl (C=O) groups excluding carboxylic acids is 1. The van der Waals surface area contributed by atoms with Crippen LogP contribution in [-0.4, -0.2) is 90.5 Å². The van der Waals surface area contributed by atoms with Crippen LogP contribution in [-0.2, 0) is 14.8 Å². The van der Waals surface area contributed by atoms with Crippen LogP contribution in [0.2, 0.25) is 0 Å². The number of aliphatic carboxylic acids is 1. The van der Waals surface area contributed by atoms with E-state index in [-0.39, 0.29) is 16.6 Å². The predicted octanol–water partition coefficient (Wildman–Crippen LogP) is 3.42. The standard InChI is InChI=1S/C24H34N4O5S.C2HF3O2/c1-5-6-13-27(2)24(29)20-16-18(7-9-21(20)28-14-11-25-12-15-28)26-34(30,31)23-17-19(32-3)8-10-22(23)33-4;3-2(4,5)1(6)7/h7-10,16-17,25-26H,5-6,11-15H2,1-4H3;(H,6,7). The molecular weight excluding hydrogens is 569 g/mol. The molecule has 1 heterocycles. The molecule has 2 aromatic rings.